The number of ketones is 1. The standard InChI is InChI=1S/C13H13BrN2O2/c14-8-4-10-11(7-16-13(10)15-6-8)12(17)5-9-2-1-3-18-9/h4,6-7,9H,1-3,5H2,(H,15,16). The molecule has 3 heterocycles. The van der Waals surface area contributed by atoms with E-state index in [1.54, 1.807) is 12.4 Å². The van der Waals surface area contributed by atoms with Crippen LogP contribution in [0.3, 0.4) is 0 Å². The molecule has 0 amide bonds. The minimum Gasteiger partial charge on any atom is -0.378 e. The molecule has 1 aliphatic heterocycles. The molecule has 1 unspecified atom stereocenters. The number of carbonyl (C=O) groups is 1. The molecule has 2 aromatic heterocycles. The van der Waals surface area contributed by atoms with Gasteiger partial charge in [0.1, 0.15) is 5.65 Å². The Morgan fingerprint density at radius 3 is 3.28 bits per heavy atom. The maximum absolute atomic E-state index is 12.2. The third-order valence-electron chi connectivity index (χ3n) is 3.24. The SMILES string of the molecule is O=C(CC1CCCO1)c1c[nH]c2ncc(Br)cc12. The summed E-state index contributed by atoms with van der Waals surface area (Å²) in [6.45, 7) is 0.777. The fraction of sp³-hybridized carbons (Fsp3) is 0.385. The molecule has 5 heteroatoms. The molecule has 0 radical (unpaired) electrons. The molecule has 2 aromatic rings. The van der Waals surface area contributed by atoms with E-state index in [2.05, 4.69) is 25.9 Å². The number of pyridine rings is 1. The molecular weight excluding hydrogens is 296 g/mol. The van der Waals surface area contributed by atoms with Crippen LogP contribution in [0, 0.1) is 0 Å². The second-order valence-corrected chi connectivity index (χ2v) is 5.43. The van der Waals surface area contributed by atoms with Gasteiger partial charge in [0.15, 0.2) is 5.78 Å². The Kier molecular flexibility index (Phi) is 3.18. The van der Waals surface area contributed by atoms with Crippen molar-refractivity contribution in [2.45, 2.75) is 25.4 Å². The first-order valence-corrected chi connectivity index (χ1v) is 6.81. The molecule has 3 rings (SSSR count). The van der Waals surface area contributed by atoms with Crippen molar-refractivity contribution < 1.29 is 9.53 Å². The second kappa shape index (κ2) is 4.82. The van der Waals surface area contributed by atoms with E-state index in [0.29, 0.717) is 12.0 Å². The van der Waals surface area contributed by atoms with Crippen molar-refractivity contribution in [3.05, 3.63) is 28.5 Å². The minimum atomic E-state index is 0.0857. The summed E-state index contributed by atoms with van der Waals surface area (Å²) in [6.07, 6.45) is 6.03. The van der Waals surface area contributed by atoms with Crippen molar-refractivity contribution in [3.8, 4) is 0 Å². The van der Waals surface area contributed by atoms with E-state index in [1.165, 1.54) is 0 Å². The van der Waals surface area contributed by atoms with Crippen LogP contribution in [0.2, 0.25) is 0 Å². The van der Waals surface area contributed by atoms with E-state index in [0.717, 1.165) is 35.0 Å². The van der Waals surface area contributed by atoms with Crippen LogP contribution < -0.4 is 0 Å². The number of nitrogens with one attached hydrogen (secondary N) is 1. The number of halogens is 1. The lowest BCUT2D eigenvalue weighted by molar-refractivity contribution is 0.0777. The number of nitrogens with zero attached hydrogens (tertiary/aromatic N) is 1. The van der Waals surface area contributed by atoms with Gasteiger partial charge in [-0.3, -0.25) is 4.79 Å². The third kappa shape index (κ3) is 2.20. The zero-order valence-electron chi connectivity index (χ0n) is 9.78. The van der Waals surface area contributed by atoms with Crippen LogP contribution in [0.4, 0.5) is 0 Å². The second-order valence-electron chi connectivity index (χ2n) is 4.51. The van der Waals surface area contributed by atoms with Gasteiger partial charge in [-0.15, -0.1) is 0 Å². The highest BCUT2D eigenvalue weighted by atomic mass is 79.9. The summed E-state index contributed by atoms with van der Waals surface area (Å²) >= 11 is 3.38. The van der Waals surface area contributed by atoms with E-state index < -0.39 is 0 Å². The van der Waals surface area contributed by atoms with Crippen LogP contribution >= 0.6 is 15.9 Å². The summed E-state index contributed by atoms with van der Waals surface area (Å²) in [5, 5.41) is 0.868. The van der Waals surface area contributed by atoms with Gasteiger partial charge >= 0.3 is 0 Å². The first-order valence-electron chi connectivity index (χ1n) is 6.01. The quantitative estimate of drug-likeness (QED) is 0.887. The smallest absolute Gasteiger partial charge is 0.167 e. The molecule has 1 fully saturated rings. The highest BCUT2D eigenvalue weighted by molar-refractivity contribution is 9.10. The largest absolute Gasteiger partial charge is 0.378 e. The first-order chi connectivity index (χ1) is 8.74. The van der Waals surface area contributed by atoms with Crippen molar-refractivity contribution in [1.82, 2.24) is 9.97 Å². The van der Waals surface area contributed by atoms with Gasteiger partial charge in [0.2, 0.25) is 0 Å². The third-order valence-corrected chi connectivity index (χ3v) is 3.67. The van der Waals surface area contributed by atoms with Crippen molar-refractivity contribution in [2.75, 3.05) is 6.61 Å². The molecule has 0 bridgehead atoms. The van der Waals surface area contributed by atoms with Crippen LogP contribution in [0.1, 0.15) is 29.6 Å². The number of hydrogen-bond donors (Lipinski definition) is 1. The number of aromatic nitrogens is 2. The van der Waals surface area contributed by atoms with E-state index in [-0.39, 0.29) is 11.9 Å². The van der Waals surface area contributed by atoms with Gasteiger partial charge < -0.3 is 9.72 Å². The van der Waals surface area contributed by atoms with Gasteiger partial charge in [-0.05, 0) is 34.8 Å². The summed E-state index contributed by atoms with van der Waals surface area (Å²) in [6, 6.07) is 1.92. The summed E-state index contributed by atoms with van der Waals surface area (Å²) in [4.78, 5) is 19.5. The highest BCUT2D eigenvalue weighted by Crippen LogP contribution is 2.24. The van der Waals surface area contributed by atoms with Crippen LogP contribution in [-0.4, -0.2) is 28.5 Å². The van der Waals surface area contributed by atoms with Gasteiger partial charge in [-0.1, -0.05) is 0 Å². The summed E-state index contributed by atoms with van der Waals surface area (Å²) < 4.78 is 6.38. The van der Waals surface area contributed by atoms with Crippen molar-refractivity contribution in [2.24, 2.45) is 0 Å². The number of fused-ring (bicyclic) bond motifs is 1. The lowest BCUT2D eigenvalue weighted by atomic mass is 10.0. The zero-order chi connectivity index (χ0) is 12.5. The number of H-pyrrole nitrogens is 1. The first kappa shape index (κ1) is 11.9. The number of aromatic amines is 1. The number of rotatable bonds is 3. The van der Waals surface area contributed by atoms with E-state index in [4.69, 9.17) is 4.74 Å². The normalized spacial score (nSPS) is 19.5. The van der Waals surface area contributed by atoms with Gasteiger partial charge in [-0.25, -0.2) is 4.98 Å². The number of carbonyl (C=O) groups excluding carboxylic acids is 1. The van der Waals surface area contributed by atoms with Crippen LogP contribution in [0.5, 0.6) is 0 Å². The maximum Gasteiger partial charge on any atom is 0.167 e. The summed E-state index contributed by atoms with van der Waals surface area (Å²) in [5.41, 5.74) is 1.45. The molecule has 4 nitrogen and oxygen atoms in total. The summed E-state index contributed by atoms with van der Waals surface area (Å²) in [5.74, 6) is 0.119. The van der Waals surface area contributed by atoms with Gasteiger partial charge in [-0.2, -0.15) is 0 Å². The lowest BCUT2D eigenvalue weighted by Gasteiger charge is -2.07. The molecule has 1 saturated heterocycles. The van der Waals surface area contributed by atoms with E-state index in [1.807, 2.05) is 6.07 Å². The molecule has 0 saturated carbocycles. The van der Waals surface area contributed by atoms with Gasteiger partial charge in [0.05, 0.1) is 6.10 Å². The predicted octanol–water partition coefficient (Wildman–Crippen LogP) is 3.08. The van der Waals surface area contributed by atoms with Crippen molar-refractivity contribution in [3.63, 3.8) is 0 Å². The summed E-state index contributed by atoms with van der Waals surface area (Å²) in [7, 11) is 0. The molecule has 1 atom stereocenters. The fourth-order valence-corrected chi connectivity index (χ4v) is 2.66. The highest BCUT2D eigenvalue weighted by Gasteiger charge is 2.21. The Morgan fingerprint density at radius 2 is 2.50 bits per heavy atom. The Morgan fingerprint density at radius 1 is 1.61 bits per heavy atom. The molecule has 0 aromatic carbocycles. The topological polar surface area (TPSA) is 55.0 Å². The average molecular weight is 309 g/mol. The molecule has 18 heavy (non-hydrogen) atoms. The predicted molar refractivity (Wildman–Crippen MR) is 71.7 cm³/mol. The molecule has 1 N–H and O–H groups in total. The number of hydrogen-bond acceptors (Lipinski definition) is 3. The Labute approximate surface area is 113 Å². The molecule has 94 valence electrons. The molecule has 1 aliphatic rings. The maximum atomic E-state index is 12.2. The van der Waals surface area contributed by atoms with Crippen molar-refractivity contribution in [1.29, 1.82) is 0 Å². The number of ether oxygens (including phenoxy) is 1. The van der Waals surface area contributed by atoms with Gasteiger partial charge in [0, 0.05) is 40.8 Å². The van der Waals surface area contributed by atoms with Crippen molar-refractivity contribution >= 4 is 32.7 Å². The molecular formula is C13H13BrN2O2. The monoisotopic (exact) mass is 308 g/mol. The van der Waals surface area contributed by atoms with E-state index >= 15 is 0 Å². The zero-order valence-corrected chi connectivity index (χ0v) is 11.4. The number of Topliss-reactive ketones (excluding diaryl/α,β-unsaturated/α-hetero) is 1. The fourth-order valence-electron chi connectivity index (χ4n) is 2.33. The van der Waals surface area contributed by atoms with Gasteiger partial charge in [0.25, 0.3) is 0 Å². The van der Waals surface area contributed by atoms with Crippen LogP contribution in [0.15, 0.2) is 22.9 Å². The van der Waals surface area contributed by atoms with Crippen LogP contribution in [-0.2, 0) is 4.74 Å². The average Bonchev–Trinajstić information content (AvgIpc) is 2.97. The Hall–Kier alpha value is -1.20. The lowest BCUT2D eigenvalue weighted by Crippen LogP contribution is -2.12. The Bertz CT molecular complexity index is 588. The Balaban J connectivity index is 1.88. The van der Waals surface area contributed by atoms with Crippen LogP contribution in [0.25, 0.3) is 11.0 Å². The van der Waals surface area contributed by atoms with E-state index in [9.17, 15) is 4.79 Å². The minimum absolute atomic E-state index is 0.0857. The molecule has 0 spiro atoms. The molecule has 0 aliphatic carbocycles.